The van der Waals surface area contributed by atoms with E-state index in [1.165, 1.54) is 5.56 Å². The molecule has 5 heteroatoms. The highest BCUT2D eigenvalue weighted by atomic mass is 16.2. The number of hydrogen-bond acceptors (Lipinski definition) is 3. The number of carbonyl (C=O) groups is 2. The minimum Gasteiger partial charge on any atom is -0.336 e. The van der Waals surface area contributed by atoms with Crippen molar-refractivity contribution >= 4 is 11.9 Å². The van der Waals surface area contributed by atoms with E-state index >= 15 is 0 Å². The molecule has 0 saturated heterocycles. The molecule has 3 amide bonds. The molecule has 0 aromatic heterocycles. The van der Waals surface area contributed by atoms with Crippen LogP contribution in [0.3, 0.4) is 0 Å². The second-order valence-electron chi connectivity index (χ2n) is 7.62. The molecule has 1 unspecified atom stereocenters. The minimum absolute atomic E-state index is 0.00600. The van der Waals surface area contributed by atoms with Crippen LogP contribution >= 0.6 is 0 Å². The largest absolute Gasteiger partial charge is 0.336 e. The van der Waals surface area contributed by atoms with Crippen LogP contribution in [0, 0.1) is 11.8 Å². The smallest absolute Gasteiger partial charge is 0.321 e. The Bertz CT molecular complexity index is 551. The molecule has 0 heterocycles. The first-order valence-electron chi connectivity index (χ1n) is 9.11. The summed E-state index contributed by atoms with van der Waals surface area (Å²) in [6.07, 6.45) is 1.06. The molecule has 0 spiro atoms. The Kier molecular flexibility index (Phi) is 8.62. The molecular formula is C20H33N3O2. The summed E-state index contributed by atoms with van der Waals surface area (Å²) in [5, 5.41) is 8.24. The lowest BCUT2D eigenvalue weighted by Crippen LogP contribution is -2.46. The third-order valence-corrected chi connectivity index (χ3v) is 3.80. The number of benzene rings is 1. The summed E-state index contributed by atoms with van der Waals surface area (Å²) >= 11 is 0. The average Bonchev–Trinajstić information content (AvgIpc) is 2.47. The van der Waals surface area contributed by atoms with E-state index in [1.54, 1.807) is 0 Å². The molecule has 0 aliphatic heterocycles. The Labute approximate surface area is 152 Å². The zero-order chi connectivity index (χ0) is 19.0. The second-order valence-corrected chi connectivity index (χ2v) is 7.62. The number of hydrogen-bond donors (Lipinski definition) is 3. The molecule has 0 bridgehead atoms. The SMILES string of the molecule is CC(C)Cc1ccc(C(NCC(=O)NC(=O)NC(C)C)C(C)C)cc1. The molecule has 3 N–H and O–H groups in total. The molecule has 0 radical (unpaired) electrons. The summed E-state index contributed by atoms with van der Waals surface area (Å²) < 4.78 is 0. The summed E-state index contributed by atoms with van der Waals surface area (Å²) in [4.78, 5) is 23.5. The van der Waals surface area contributed by atoms with Crippen molar-refractivity contribution < 1.29 is 9.59 Å². The maximum Gasteiger partial charge on any atom is 0.321 e. The molecule has 0 fully saturated rings. The predicted molar refractivity (Wildman–Crippen MR) is 102 cm³/mol. The van der Waals surface area contributed by atoms with Gasteiger partial charge >= 0.3 is 6.03 Å². The van der Waals surface area contributed by atoms with Gasteiger partial charge in [-0.2, -0.15) is 0 Å². The molecule has 140 valence electrons. The molecule has 0 aliphatic rings. The quantitative estimate of drug-likeness (QED) is 0.675. The van der Waals surface area contributed by atoms with E-state index in [4.69, 9.17) is 0 Å². The third-order valence-electron chi connectivity index (χ3n) is 3.80. The van der Waals surface area contributed by atoms with Gasteiger partial charge in [-0.15, -0.1) is 0 Å². The van der Waals surface area contributed by atoms with Crippen LogP contribution in [0.5, 0.6) is 0 Å². The number of imide groups is 1. The molecule has 0 saturated carbocycles. The highest BCUT2D eigenvalue weighted by Crippen LogP contribution is 2.22. The topological polar surface area (TPSA) is 70.2 Å². The fraction of sp³-hybridized carbons (Fsp3) is 0.600. The maximum atomic E-state index is 11.9. The first kappa shape index (κ1) is 21.2. The summed E-state index contributed by atoms with van der Waals surface area (Å²) in [7, 11) is 0. The van der Waals surface area contributed by atoms with Gasteiger partial charge in [0, 0.05) is 12.1 Å². The summed E-state index contributed by atoms with van der Waals surface area (Å²) in [5.74, 6) is 0.624. The molecule has 1 atom stereocenters. The van der Waals surface area contributed by atoms with Gasteiger partial charge in [0.1, 0.15) is 0 Å². The number of urea groups is 1. The van der Waals surface area contributed by atoms with Crippen LogP contribution in [0.25, 0.3) is 0 Å². The number of nitrogens with one attached hydrogen (secondary N) is 3. The molecule has 25 heavy (non-hydrogen) atoms. The normalized spacial score (nSPS) is 12.5. The van der Waals surface area contributed by atoms with Crippen LogP contribution in [0.4, 0.5) is 4.79 Å². The van der Waals surface area contributed by atoms with E-state index in [1.807, 2.05) is 13.8 Å². The van der Waals surface area contributed by atoms with Crippen molar-refractivity contribution in [2.24, 2.45) is 11.8 Å². The standard InChI is InChI=1S/C20H33N3O2/c1-13(2)11-16-7-9-17(10-8-16)19(14(3)4)21-12-18(24)23-20(25)22-15(5)6/h7-10,13-15,19,21H,11-12H2,1-6H3,(H2,22,23,24,25). The van der Waals surface area contributed by atoms with Crippen LogP contribution in [0.15, 0.2) is 24.3 Å². The lowest BCUT2D eigenvalue weighted by Gasteiger charge is -2.23. The van der Waals surface area contributed by atoms with Crippen LogP contribution < -0.4 is 16.0 Å². The van der Waals surface area contributed by atoms with E-state index in [0.29, 0.717) is 11.8 Å². The highest BCUT2D eigenvalue weighted by molar-refractivity contribution is 5.95. The van der Waals surface area contributed by atoms with Crippen molar-refractivity contribution in [3.05, 3.63) is 35.4 Å². The molecule has 5 nitrogen and oxygen atoms in total. The van der Waals surface area contributed by atoms with Crippen LogP contribution in [-0.2, 0) is 11.2 Å². The minimum atomic E-state index is -0.457. The first-order chi connectivity index (χ1) is 11.7. The van der Waals surface area contributed by atoms with Crippen molar-refractivity contribution in [3.63, 3.8) is 0 Å². The van der Waals surface area contributed by atoms with Gasteiger partial charge in [0.15, 0.2) is 0 Å². The van der Waals surface area contributed by atoms with Crippen LogP contribution in [-0.4, -0.2) is 24.5 Å². The van der Waals surface area contributed by atoms with Gasteiger partial charge in [-0.25, -0.2) is 4.79 Å². The molecule has 1 aromatic carbocycles. The monoisotopic (exact) mass is 347 g/mol. The molecule has 1 aromatic rings. The fourth-order valence-electron chi connectivity index (χ4n) is 2.74. The lowest BCUT2D eigenvalue weighted by atomic mass is 9.94. The van der Waals surface area contributed by atoms with E-state index in [-0.39, 0.29) is 24.5 Å². The van der Waals surface area contributed by atoms with Crippen molar-refractivity contribution in [3.8, 4) is 0 Å². The average molecular weight is 348 g/mol. The van der Waals surface area contributed by atoms with E-state index in [9.17, 15) is 9.59 Å². The van der Waals surface area contributed by atoms with E-state index < -0.39 is 6.03 Å². The number of carbonyl (C=O) groups excluding carboxylic acids is 2. The van der Waals surface area contributed by atoms with E-state index in [2.05, 4.69) is 67.9 Å². The predicted octanol–water partition coefficient (Wildman–Crippen LogP) is 3.41. The summed E-state index contributed by atoms with van der Waals surface area (Å²) in [5.41, 5.74) is 2.48. The fourth-order valence-corrected chi connectivity index (χ4v) is 2.74. The van der Waals surface area contributed by atoms with Gasteiger partial charge in [-0.1, -0.05) is 52.0 Å². The first-order valence-corrected chi connectivity index (χ1v) is 9.11. The highest BCUT2D eigenvalue weighted by Gasteiger charge is 2.17. The Morgan fingerprint density at radius 3 is 2.04 bits per heavy atom. The van der Waals surface area contributed by atoms with Crippen molar-refractivity contribution in [1.29, 1.82) is 0 Å². The lowest BCUT2D eigenvalue weighted by molar-refractivity contribution is -0.119. The molecule has 1 rings (SSSR count). The summed E-state index contributed by atoms with van der Waals surface area (Å²) in [6, 6.07) is 8.16. The van der Waals surface area contributed by atoms with Gasteiger partial charge in [-0.3, -0.25) is 10.1 Å². The number of rotatable bonds is 8. The van der Waals surface area contributed by atoms with Crippen LogP contribution in [0.2, 0.25) is 0 Å². The Balaban J connectivity index is 2.62. The zero-order valence-corrected chi connectivity index (χ0v) is 16.3. The zero-order valence-electron chi connectivity index (χ0n) is 16.3. The molecular weight excluding hydrogens is 314 g/mol. The Morgan fingerprint density at radius 1 is 0.960 bits per heavy atom. The Morgan fingerprint density at radius 2 is 1.56 bits per heavy atom. The third kappa shape index (κ3) is 8.16. The second kappa shape index (κ2) is 10.2. The van der Waals surface area contributed by atoms with E-state index in [0.717, 1.165) is 12.0 Å². The van der Waals surface area contributed by atoms with Crippen LogP contribution in [0.1, 0.15) is 58.7 Å². The Hall–Kier alpha value is -1.88. The van der Waals surface area contributed by atoms with Gasteiger partial charge in [-0.05, 0) is 43.2 Å². The number of amides is 3. The van der Waals surface area contributed by atoms with Crippen molar-refractivity contribution in [2.75, 3.05) is 6.54 Å². The van der Waals surface area contributed by atoms with Gasteiger partial charge in [0.2, 0.25) is 5.91 Å². The van der Waals surface area contributed by atoms with Gasteiger partial charge in [0.25, 0.3) is 0 Å². The summed E-state index contributed by atoms with van der Waals surface area (Å²) in [6.45, 7) is 12.4. The maximum absolute atomic E-state index is 11.9. The van der Waals surface area contributed by atoms with Gasteiger partial charge < -0.3 is 10.6 Å². The van der Waals surface area contributed by atoms with Crippen molar-refractivity contribution in [2.45, 2.75) is 60.0 Å². The van der Waals surface area contributed by atoms with Gasteiger partial charge in [0.05, 0.1) is 6.54 Å². The van der Waals surface area contributed by atoms with Crippen molar-refractivity contribution in [1.82, 2.24) is 16.0 Å². The molecule has 0 aliphatic carbocycles.